The molecule has 2 heterocycles. The monoisotopic (exact) mass is 433 g/mol. The van der Waals surface area contributed by atoms with Gasteiger partial charge in [0.15, 0.2) is 0 Å². The Hall–Kier alpha value is -3.48. The molecule has 1 aliphatic heterocycles. The van der Waals surface area contributed by atoms with Gasteiger partial charge in [-0.05, 0) is 49.1 Å². The third kappa shape index (κ3) is 7.06. The molecule has 2 N–H and O–H groups in total. The largest absolute Gasteiger partial charge is 0.573 e. The van der Waals surface area contributed by atoms with Crippen molar-refractivity contribution in [2.75, 3.05) is 24.5 Å². The third-order valence-electron chi connectivity index (χ3n) is 4.89. The van der Waals surface area contributed by atoms with Gasteiger partial charge in [-0.2, -0.15) is 5.26 Å². The second kappa shape index (κ2) is 10.0. The predicted molar refractivity (Wildman–Crippen MR) is 108 cm³/mol. The van der Waals surface area contributed by atoms with E-state index in [-0.39, 0.29) is 17.8 Å². The number of hydrogen-bond acceptors (Lipinski definition) is 5. The van der Waals surface area contributed by atoms with Crippen molar-refractivity contribution in [3.63, 3.8) is 0 Å². The minimum Gasteiger partial charge on any atom is -0.406 e. The highest BCUT2D eigenvalue weighted by Crippen LogP contribution is 2.23. The molecule has 0 spiro atoms. The zero-order valence-corrected chi connectivity index (χ0v) is 16.7. The van der Waals surface area contributed by atoms with E-state index in [1.54, 1.807) is 12.3 Å². The van der Waals surface area contributed by atoms with E-state index < -0.39 is 6.36 Å². The first-order valence-electron chi connectivity index (χ1n) is 9.82. The predicted octanol–water partition coefficient (Wildman–Crippen LogP) is 3.36. The molecule has 0 radical (unpaired) electrons. The number of amides is 2. The summed E-state index contributed by atoms with van der Waals surface area (Å²) in [5.41, 5.74) is 1.31. The van der Waals surface area contributed by atoms with Crippen molar-refractivity contribution in [3.8, 4) is 11.8 Å². The molecule has 0 saturated carbocycles. The first-order valence-corrected chi connectivity index (χ1v) is 9.82. The molecule has 3 rings (SSSR count). The Morgan fingerprint density at radius 1 is 1.19 bits per heavy atom. The lowest BCUT2D eigenvalue weighted by Gasteiger charge is -2.33. The standard InChI is InChI=1S/C21H22F3N5O2/c22-21(23,24)31-18-4-1-15(2-5-18)7-10-26-20(30)28-17-8-11-29(12-9-17)19-6-3-16(13-25)14-27-19/h1-6,14,17H,7-12H2,(H2,26,28,30). The van der Waals surface area contributed by atoms with Crippen molar-refractivity contribution in [2.45, 2.75) is 31.7 Å². The zero-order valence-electron chi connectivity index (χ0n) is 16.7. The highest BCUT2D eigenvalue weighted by molar-refractivity contribution is 5.74. The molecule has 2 aromatic rings. The maximum Gasteiger partial charge on any atom is 0.573 e. The van der Waals surface area contributed by atoms with Gasteiger partial charge >= 0.3 is 12.4 Å². The highest BCUT2D eigenvalue weighted by Gasteiger charge is 2.30. The van der Waals surface area contributed by atoms with Gasteiger partial charge in [0.2, 0.25) is 0 Å². The SMILES string of the molecule is N#Cc1ccc(N2CCC(NC(=O)NCCc3ccc(OC(F)(F)F)cc3)CC2)nc1. The molecule has 10 heteroatoms. The van der Waals surface area contributed by atoms with Crippen molar-refractivity contribution in [1.82, 2.24) is 15.6 Å². The summed E-state index contributed by atoms with van der Waals surface area (Å²) in [6.45, 7) is 1.85. The maximum absolute atomic E-state index is 12.2. The number of anilines is 1. The molecule has 31 heavy (non-hydrogen) atoms. The maximum atomic E-state index is 12.2. The highest BCUT2D eigenvalue weighted by atomic mass is 19.4. The van der Waals surface area contributed by atoms with Crippen molar-refractivity contribution in [2.24, 2.45) is 0 Å². The van der Waals surface area contributed by atoms with Gasteiger partial charge in [0.05, 0.1) is 5.56 Å². The zero-order chi connectivity index (χ0) is 22.3. The van der Waals surface area contributed by atoms with E-state index in [4.69, 9.17) is 5.26 Å². The smallest absolute Gasteiger partial charge is 0.406 e. The van der Waals surface area contributed by atoms with Crippen LogP contribution in [0.25, 0.3) is 0 Å². The second-order valence-corrected chi connectivity index (χ2v) is 7.12. The normalized spacial score (nSPS) is 14.6. The van der Waals surface area contributed by atoms with Crippen molar-refractivity contribution in [3.05, 3.63) is 53.7 Å². The number of halogens is 3. The van der Waals surface area contributed by atoms with Gasteiger partial charge in [-0.25, -0.2) is 9.78 Å². The summed E-state index contributed by atoms with van der Waals surface area (Å²) in [7, 11) is 0. The topological polar surface area (TPSA) is 90.3 Å². The van der Waals surface area contributed by atoms with Crippen LogP contribution in [0.4, 0.5) is 23.8 Å². The Labute approximate surface area is 177 Å². The molecular weight excluding hydrogens is 411 g/mol. The summed E-state index contributed by atoms with van der Waals surface area (Å²) in [5, 5.41) is 14.6. The molecular formula is C21H22F3N5O2. The Morgan fingerprint density at radius 3 is 2.48 bits per heavy atom. The summed E-state index contributed by atoms with van der Waals surface area (Å²) in [4.78, 5) is 18.5. The molecule has 1 aliphatic rings. The molecule has 0 atom stereocenters. The Kier molecular flexibility index (Phi) is 7.18. The number of nitrogens with zero attached hydrogens (tertiary/aromatic N) is 3. The molecule has 0 bridgehead atoms. The number of rotatable bonds is 6. The van der Waals surface area contributed by atoms with Crippen LogP contribution in [0.3, 0.4) is 0 Å². The average molecular weight is 433 g/mol. The van der Waals surface area contributed by atoms with Crippen LogP contribution in [0, 0.1) is 11.3 Å². The summed E-state index contributed by atoms with van der Waals surface area (Å²) in [6.07, 6.45) is -1.13. The van der Waals surface area contributed by atoms with Crippen molar-refractivity contribution >= 4 is 11.8 Å². The van der Waals surface area contributed by atoms with Crippen LogP contribution in [-0.2, 0) is 6.42 Å². The fourth-order valence-corrected chi connectivity index (χ4v) is 3.31. The Morgan fingerprint density at radius 2 is 1.90 bits per heavy atom. The molecule has 1 fully saturated rings. The summed E-state index contributed by atoms with van der Waals surface area (Å²) in [6, 6.07) is 10.9. The number of ether oxygens (including phenoxy) is 1. The molecule has 7 nitrogen and oxygen atoms in total. The van der Waals surface area contributed by atoms with Crippen LogP contribution in [0.5, 0.6) is 5.75 Å². The number of nitriles is 1. The van der Waals surface area contributed by atoms with Gasteiger partial charge in [0.25, 0.3) is 0 Å². The quantitative estimate of drug-likeness (QED) is 0.729. The average Bonchev–Trinajstić information content (AvgIpc) is 2.74. The van der Waals surface area contributed by atoms with Crippen LogP contribution in [0.2, 0.25) is 0 Å². The molecule has 1 aromatic carbocycles. The van der Waals surface area contributed by atoms with Crippen LogP contribution in [-0.4, -0.2) is 43.1 Å². The first-order chi connectivity index (χ1) is 14.8. The molecule has 1 saturated heterocycles. The van der Waals surface area contributed by atoms with Crippen LogP contribution >= 0.6 is 0 Å². The fourth-order valence-electron chi connectivity index (χ4n) is 3.31. The van der Waals surface area contributed by atoms with E-state index in [0.717, 1.165) is 37.3 Å². The van der Waals surface area contributed by atoms with E-state index in [1.807, 2.05) is 12.1 Å². The third-order valence-corrected chi connectivity index (χ3v) is 4.89. The number of pyridine rings is 1. The molecule has 1 aromatic heterocycles. The summed E-state index contributed by atoms with van der Waals surface area (Å²) in [5.74, 6) is 0.540. The summed E-state index contributed by atoms with van der Waals surface area (Å²) >= 11 is 0. The number of nitrogens with one attached hydrogen (secondary N) is 2. The van der Waals surface area contributed by atoms with Gasteiger partial charge < -0.3 is 20.3 Å². The lowest BCUT2D eigenvalue weighted by Crippen LogP contribution is -2.48. The number of benzene rings is 1. The number of aromatic nitrogens is 1. The summed E-state index contributed by atoms with van der Waals surface area (Å²) < 4.78 is 40.3. The second-order valence-electron chi connectivity index (χ2n) is 7.12. The number of carbonyl (C=O) groups is 1. The van der Waals surface area contributed by atoms with Gasteiger partial charge in [-0.3, -0.25) is 0 Å². The molecule has 164 valence electrons. The van der Waals surface area contributed by atoms with Crippen LogP contribution < -0.4 is 20.3 Å². The number of piperidine rings is 1. The van der Waals surface area contributed by atoms with E-state index in [1.165, 1.54) is 24.3 Å². The Bertz CT molecular complexity index is 903. The number of carbonyl (C=O) groups excluding carboxylic acids is 1. The fraction of sp³-hybridized carbons (Fsp3) is 0.381. The lowest BCUT2D eigenvalue weighted by molar-refractivity contribution is -0.274. The van der Waals surface area contributed by atoms with E-state index in [2.05, 4.69) is 25.3 Å². The number of hydrogen-bond donors (Lipinski definition) is 2. The molecule has 0 aliphatic carbocycles. The minimum atomic E-state index is -4.71. The number of urea groups is 1. The van der Waals surface area contributed by atoms with Crippen LogP contribution in [0.15, 0.2) is 42.6 Å². The van der Waals surface area contributed by atoms with Crippen LogP contribution in [0.1, 0.15) is 24.0 Å². The Balaban J connectivity index is 1.35. The first kappa shape index (κ1) is 22.2. The number of alkyl halides is 3. The van der Waals surface area contributed by atoms with Gasteiger partial charge in [-0.15, -0.1) is 13.2 Å². The van der Waals surface area contributed by atoms with Gasteiger partial charge in [-0.1, -0.05) is 12.1 Å². The van der Waals surface area contributed by atoms with Crippen molar-refractivity contribution < 1.29 is 22.7 Å². The lowest BCUT2D eigenvalue weighted by atomic mass is 10.1. The molecule has 2 amide bonds. The van der Waals surface area contributed by atoms with Crippen molar-refractivity contribution in [1.29, 1.82) is 5.26 Å². The van der Waals surface area contributed by atoms with Gasteiger partial charge in [0, 0.05) is 31.9 Å². The minimum absolute atomic E-state index is 0.0495. The van der Waals surface area contributed by atoms with E-state index >= 15 is 0 Å². The molecule has 0 unspecified atom stereocenters. The van der Waals surface area contributed by atoms with E-state index in [0.29, 0.717) is 18.5 Å². The van der Waals surface area contributed by atoms with Gasteiger partial charge in [0.1, 0.15) is 17.6 Å². The van der Waals surface area contributed by atoms with E-state index in [9.17, 15) is 18.0 Å².